The fourth-order valence-electron chi connectivity index (χ4n) is 7.37. The first-order valence-electron chi connectivity index (χ1n) is 21.4. The molecule has 0 aliphatic carbocycles. The number of unbranched alkanes of at least 4 members (excludes halogenated alkanes) is 11. The first kappa shape index (κ1) is 51.9. The quantitative estimate of drug-likeness (QED) is 0.0326. The summed E-state index contributed by atoms with van der Waals surface area (Å²) in [4.78, 5) is 12.9. The standard InChI is InChI=1S/C40H73NO18/c1-3-5-7-8-9-10-11-12-13-14-16-18-28(46)41-23(24(45)17-15-6-4-2)22-54-38-34(52)31(49)36(26(20-43)56-38)59-40-35(53)32(50)37(27(21-44)57-40)58-39-33(51)30(48)29(47)25(19-42)55-39/h15,17,23-27,29-40,42-45,47-53H,3-14,16,18-22H2,1-2H3,(H,41,46)/b17-15+. The van der Waals surface area contributed by atoms with Crippen LogP contribution in [0.25, 0.3) is 0 Å². The summed E-state index contributed by atoms with van der Waals surface area (Å²) in [6.07, 6.45) is -9.18. The van der Waals surface area contributed by atoms with Gasteiger partial charge in [-0.1, -0.05) is 96.6 Å². The van der Waals surface area contributed by atoms with Crippen LogP contribution in [0.2, 0.25) is 0 Å². The SMILES string of the molecule is CCC/C=C/C(O)C(COC1OC(CO)C(OC2OC(CO)C(OC3OC(CO)C(O)C(O)C3O)C(O)C2O)C(O)C1O)NC(=O)CCCCCCCCCCCCC. The third-order valence-electron chi connectivity index (χ3n) is 11.1. The number of ether oxygens (including phenoxy) is 6. The molecule has 3 heterocycles. The summed E-state index contributed by atoms with van der Waals surface area (Å²) in [5, 5.41) is 118. The number of carbonyl (C=O) groups is 1. The number of nitrogens with one attached hydrogen (secondary N) is 1. The Bertz CT molecular complexity index is 1170. The van der Waals surface area contributed by atoms with Crippen LogP contribution in [-0.2, 0) is 33.2 Å². The van der Waals surface area contributed by atoms with Crippen molar-refractivity contribution >= 4 is 5.91 Å². The molecular weight excluding hydrogens is 782 g/mol. The number of rotatable bonds is 27. The molecule has 0 aromatic heterocycles. The lowest BCUT2D eigenvalue weighted by molar-refractivity contribution is -0.379. The summed E-state index contributed by atoms with van der Waals surface area (Å²) in [6, 6.07) is -0.960. The van der Waals surface area contributed by atoms with Crippen molar-refractivity contribution < 1.29 is 89.4 Å². The number of amides is 1. The van der Waals surface area contributed by atoms with E-state index in [-0.39, 0.29) is 18.9 Å². The Morgan fingerprint density at radius 1 is 0.593 bits per heavy atom. The van der Waals surface area contributed by atoms with E-state index < -0.39 is 124 Å². The van der Waals surface area contributed by atoms with Gasteiger partial charge in [-0.15, -0.1) is 0 Å². The van der Waals surface area contributed by atoms with Crippen LogP contribution in [0.15, 0.2) is 12.2 Å². The molecule has 346 valence electrons. The van der Waals surface area contributed by atoms with Gasteiger partial charge in [-0.3, -0.25) is 4.79 Å². The zero-order valence-electron chi connectivity index (χ0n) is 34.5. The molecule has 1 amide bonds. The smallest absolute Gasteiger partial charge is 0.220 e. The summed E-state index contributed by atoms with van der Waals surface area (Å²) < 4.78 is 33.7. The molecule has 3 aliphatic heterocycles. The van der Waals surface area contributed by atoms with E-state index in [2.05, 4.69) is 12.2 Å². The maximum absolute atomic E-state index is 12.9. The van der Waals surface area contributed by atoms with Gasteiger partial charge in [0.2, 0.25) is 5.91 Å². The van der Waals surface area contributed by atoms with Crippen LogP contribution in [-0.4, -0.2) is 193 Å². The molecule has 0 aromatic carbocycles. The lowest BCUT2D eigenvalue weighted by atomic mass is 9.96. The zero-order valence-corrected chi connectivity index (χ0v) is 34.5. The Kier molecular flexibility index (Phi) is 24.2. The number of allylic oxidation sites excluding steroid dienone is 1. The Morgan fingerprint density at radius 2 is 1.05 bits per heavy atom. The number of hydrogen-bond acceptors (Lipinski definition) is 18. The average molecular weight is 856 g/mol. The van der Waals surface area contributed by atoms with Crippen molar-refractivity contribution in [1.82, 2.24) is 5.32 Å². The molecule has 59 heavy (non-hydrogen) atoms. The molecule has 3 rings (SSSR count). The van der Waals surface area contributed by atoms with E-state index >= 15 is 0 Å². The van der Waals surface area contributed by atoms with E-state index in [4.69, 9.17) is 28.4 Å². The topological polar surface area (TPSA) is 307 Å². The van der Waals surface area contributed by atoms with Crippen molar-refractivity contribution in [3.05, 3.63) is 12.2 Å². The Labute approximate surface area is 346 Å². The molecule has 0 bridgehead atoms. The average Bonchev–Trinajstić information content (AvgIpc) is 3.23. The summed E-state index contributed by atoms with van der Waals surface area (Å²) in [5.74, 6) is -0.292. The van der Waals surface area contributed by atoms with Gasteiger partial charge >= 0.3 is 0 Å². The maximum Gasteiger partial charge on any atom is 0.220 e. The fourth-order valence-corrected chi connectivity index (χ4v) is 7.37. The van der Waals surface area contributed by atoms with Gasteiger partial charge < -0.3 is 89.9 Å². The molecule has 3 saturated heterocycles. The summed E-state index contributed by atoms with van der Waals surface area (Å²) >= 11 is 0. The van der Waals surface area contributed by atoms with Crippen molar-refractivity contribution in [2.24, 2.45) is 0 Å². The minimum absolute atomic E-state index is 0.243. The number of aliphatic hydroxyl groups excluding tert-OH is 11. The molecule has 0 aromatic rings. The van der Waals surface area contributed by atoms with Crippen molar-refractivity contribution in [2.45, 2.75) is 208 Å². The minimum Gasteiger partial charge on any atom is -0.394 e. The van der Waals surface area contributed by atoms with E-state index in [9.17, 15) is 61.0 Å². The summed E-state index contributed by atoms with van der Waals surface area (Å²) in [6.45, 7) is 1.41. The normalized spacial score (nSPS) is 36.5. The molecule has 0 radical (unpaired) electrons. The highest BCUT2D eigenvalue weighted by atomic mass is 16.8. The van der Waals surface area contributed by atoms with Crippen LogP contribution in [0, 0.1) is 0 Å². The lowest BCUT2D eigenvalue weighted by Gasteiger charge is -2.48. The van der Waals surface area contributed by atoms with Gasteiger partial charge in [-0.05, 0) is 12.8 Å². The summed E-state index contributed by atoms with van der Waals surface area (Å²) in [5.41, 5.74) is 0. The van der Waals surface area contributed by atoms with Crippen LogP contribution < -0.4 is 5.32 Å². The fraction of sp³-hybridized carbons (Fsp3) is 0.925. The molecule has 19 nitrogen and oxygen atoms in total. The highest BCUT2D eigenvalue weighted by Crippen LogP contribution is 2.33. The number of hydrogen-bond donors (Lipinski definition) is 12. The van der Waals surface area contributed by atoms with E-state index in [0.29, 0.717) is 12.8 Å². The molecule has 0 saturated carbocycles. The van der Waals surface area contributed by atoms with Crippen LogP contribution >= 0.6 is 0 Å². The van der Waals surface area contributed by atoms with Gasteiger partial charge in [-0.25, -0.2) is 0 Å². The van der Waals surface area contributed by atoms with Crippen molar-refractivity contribution in [2.75, 3.05) is 26.4 Å². The van der Waals surface area contributed by atoms with Gasteiger partial charge in [0.05, 0.1) is 38.6 Å². The maximum atomic E-state index is 12.9. The molecule has 3 aliphatic rings. The van der Waals surface area contributed by atoms with Gasteiger partial charge in [0, 0.05) is 6.42 Å². The predicted molar refractivity (Wildman–Crippen MR) is 208 cm³/mol. The van der Waals surface area contributed by atoms with Crippen LogP contribution in [0.1, 0.15) is 104 Å². The predicted octanol–water partition coefficient (Wildman–Crippen LogP) is -1.65. The van der Waals surface area contributed by atoms with E-state index in [0.717, 1.165) is 25.7 Å². The number of aliphatic hydroxyl groups is 11. The number of carbonyl (C=O) groups excluding carboxylic acids is 1. The Hall–Kier alpha value is -1.47. The monoisotopic (exact) mass is 855 g/mol. The first-order chi connectivity index (χ1) is 28.3. The van der Waals surface area contributed by atoms with Crippen LogP contribution in [0.4, 0.5) is 0 Å². The molecule has 12 N–H and O–H groups in total. The van der Waals surface area contributed by atoms with Crippen molar-refractivity contribution in [3.8, 4) is 0 Å². The highest BCUT2D eigenvalue weighted by Gasteiger charge is 2.53. The van der Waals surface area contributed by atoms with Gasteiger partial charge in [0.1, 0.15) is 73.2 Å². The molecule has 17 atom stereocenters. The third-order valence-corrected chi connectivity index (χ3v) is 11.1. The third kappa shape index (κ3) is 15.7. The second kappa shape index (κ2) is 27.6. The van der Waals surface area contributed by atoms with E-state index in [1.54, 1.807) is 6.08 Å². The minimum atomic E-state index is -1.97. The van der Waals surface area contributed by atoms with Crippen molar-refractivity contribution in [3.63, 3.8) is 0 Å². The molecule has 0 spiro atoms. The second-order valence-corrected chi connectivity index (χ2v) is 15.8. The molecule has 17 unspecified atom stereocenters. The van der Waals surface area contributed by atoms with Crippen LogP contribution in [0.5, 0.6) is 0 Å². The van der Waals surface area contributed by atoms with E-state index in [1.807, 2.05) is 6.92 Å². The first-order valence-corrected chi connectivity index (χ1v) is 21.4. The summed E-state index contributed by atoms with van der Waals surface area (Å²) in [7, 11) is 0. The second-order valence-electron chi connectivity index (χ2n) is 15.8. The lowest BCUT2D eigenvalue weighted by Crippen LogP contribution is -2.66. The Balaban J connectivity index is 1.56. The Morgan fingerprint density at radius 3 is 1.56 bits per heavy atom. The molecule has 19 heteroatoms. The van der Waals surface area contributed by atoms with Crippen molar-refractivity contribution in [1.29, 1.82) is 0 Å². The van der Waals surface area contributed by atoms with Gasteiger partial charge in [0.15, 0.2) is 18.9 Å². The van der Waals surface area contributed by atoms with Crippen LogP contribution in [0.3, 0.4) is 0 Å². The molecular formula is C40H73NO18. The van der Waals surface area contributed by atoms with E-state index in [1.165, 1.54) is 51.0 Å². The highest BCUT2D eigenvalue weighted by molar-refractivity contribution is 5.76. The van der Waals surface area contributed by atoms with Gasteiger partial charge in [0.25, 0.3) is 0 Å². The largest absolute Gasteiger partial charge is 0.394 e. The van der Waals surface area contributed by atoms with Gasteiger partial charge in [-0.2, -0.15) is 0 Å². The molecule has 3 fully saturated rings. The zero-order chi connectivity index (χ0) is 43.5.